The van der Waals surface area contributed by atoms with Crippen molar-refractivity contribution in [2.75, 3.05) is 32.2 Å². The van der Waals surface area contributed by atoms with E-state index in [2.05, 4.69) is 5.32 Å². The van der Waals surface area contributed by atoms with Crippen molar-refractivity contribution in [1.82, 2.24) is 4.90 Å². The largest absolute Gasteiger partial charge is 0.452 e. The SMILES string of the molecule is COCCCN1C(=O)c2ccc(C(=O)OCC(=O)Nc3c(C(C)C)cccc3C(C)C)cc2C1=O. The Kier molecular flexibility index (Phi) is 8.40. The minimum atomic E-state index is -0.748. The van der Waals surface area contributed by atoms with Crippen LogP contribution in [0.2, 0.25) is 0 Å². The number of methoxy groups -OCH3 is 1. The lowest BCUT2D eigenvalue weighted by atomic mass is 9.92. The lowest BCUT2D eigenvalue weighted by Gasteiger charge is -2.20. The molecule has 0 spiro atoms. The Labute approximate surface area is 205 Å². The highest BCUT2D eigenvalue weighted by Gasteiger charge is 2.35. The van der Waals surface area contributed by atoms with Gasteiger partial charge >= 0.3 is 5.97 Å². The van der Waals surface area contributed by atoms with Crippen molar-refractivity contribution < 1.29 is 28.7 Å². The molecule has 0 aliphatic carbocycles. The number of esters is 1. The highest BCUT2D eigenvalue weighted by molar-refractivity contribution is 6.22. The zero-order valence-electron chi connectivity index (χ0n) is 20.8. The Morgan fingerprint density at radius 3 is 2.17 bits per heavy atom. The molecule has 3 amide bonds. The highest BCUT2D eigenvalue weighted by Crippen LogP contribution is 2.32. The number of rotatable bonds is 10. The molecule has 35 heavy (non-hydrogen) atoms. The lowest BCUT2D eigenvalue weighted by molar-refractivity contribution is -0.119. The van der Waals surface area contributed by atoms with E-state index in [9.17, 15) is 19.2 Å². The first-order chi connectivity index (χ1) is 16.6. The van der Waals surface area contributed by atoms with Crippen LogP contribution in [0.25, 0.3) is 0 Å². The number of hydrogen-bond acceptors (Lipinski definition) is 6. The van der Waals surface area contributed by atoms with E-state index in [4.69, 9.17) is 9.47 Å². The molecular weight excluding hydrogens is 448 g/mol. The predicted octanol–water partition coefficient (Wildman–Crippen LogP) is 4.36. The Morgan fingerprint density at radius 1 is 0.943 bits per heavy atom. The summed E-state index contributed by atoms with van der Waals surface area (Å²) in [6, 6.07) is 10.1. The molecule has 0 aromatic heterocycles. The number of nitrogens with zero attached hydrogens (tertiary/aromatic N) is 1. The molecule has 8 heteroatoms. The summed E-state index contributed by atoms with van der Waals surface area (Å²) in [5, 5.41) is 2.90. The number of amides is 3. The van der Waals surface area contributed by atoms with E-state index in [1.54, 1.807) is 7.11 Å². The molecule has 1 aliphatic rings. The van der Waals surface area contributed by atoms with Crippen LogP contribution >= 0.6 is 0 Å². The third-order valence-corrected chi connectivity index (χ3v) is 5.91. The summed E-state index contributed by atoms with van der Waals surface area (Å²) in [6.07, 6.45) is 0.518. The van der Waals surface area contributed by atoms with Crippen LogP contribution in [-0.4, -0.2) is 55.5 Å². The average molecular weight is 481 g/mol. The fourth-order valence-electron chi connectivity index (χ4n) is 4.07. The first-order valence-electron chi connectivity index (χ1n) is 11.7. The minimum Gasteiger partial charge on any atom is -0.452 e. The molecule has 1 aliphatic heterocycles. The van der Waals surface area contributed by atoms with Gasteiger partial charge in [-0.1, -0.05) is 45.9 Å². The first-order valence-corrected chi connectivity index (χ1v) is 11.7. The third-order valence-electron chi connectivity index (χ3n) is 5.91. The average Bonchev–Trinajstić information content (AvgIpc) is 3.06. The monoisotopic (exact) mass is 480 g/mol. The number of nitrogens with one attached hydrogen (secondary N) is 1. The molecule has 0 fully saturated rings. The molecule has 0 atom stereocenters. The maximum Gasteiger partial charge on any atom is 0.338 e. The molecule has 2 aromatic rings. The number of carbonyl (C=O) groups is 4. The summed E-state index contributed by atoms with van der Waals surface area (Å²) in [7, 11) is 1.55. The lowest BCUT2D eigenvalue weighted by Crippen LogP contribution is -2.31. The summed E-state index contributed by atoms with van der Waals surface area (Å²) in [5.74, 6) is -1.66. The first kappa shape index (κ1) is 26.1. The number of benzene rings is 2. The quantitative estimate of drug-likeness (QED) is 0.308. The second-order valence-corrected chi connectivity index (χ2v) is 9.11. The van der Waals surface area contributed by atoms with Gasteiger partial charge in [-0.25, -0.2) is 4.79 Å². The van der Waals surface area contributed by atoms with E-state index >= 15 is 0 Å². The van der Waals surface area contributed by atoms with Gasteiger partial charge in [-0.2, -0.15) is 0 Å². The molecule has 1 heterocycles. The fourth-order valence-corrected chi connectivity index (χ4v) is 4.07. The zero-order chi connectivity index (χ0) is 25.7. The van der Waals surface area contributed by atoms with Crippen LogP contribution in [0.3, 0.4) is 0 Å². The molecule has 1 N–H and O–H groups in total. The smallest absolute Gasteiger partial charge is 0.338 e. The van der Waals surface area contributed by atoms with Gasteiger partial charge in [0.05, 0.1) is 16.7 Å². The van der Waals surface area contributed by atoms with Gasteiger partial charge in [-0.3, -0.25) is 19.3 Å². The maximum absolute atomic E-state index is 12.7. The maximum atomic E-state index is 12.7. The number of anilines is 1. The topological polar surface area (TPSA) is 102 Å². The molecule has 0 bridgehead atoms. The molecule has 8 nitrogen and oxygen atoms in total. The van der Waals surface area contributed by atoms with Crippen molar-refractivity contribution in [3.8, 4) is 0 Å². The van der Waals surface area contributed by atoms with Gasteiger partial charge in [0.15, 0.2) is 6.61 Å². The number of para-hydroxylation sites is 1. The molecule has 0 unspecified atom stereocenters. The van der Waals surface area contributed by atoms with Crippen molar-refractivity contribution in [1.29, 1.82) is 0 Å². The van der Waals surface area contributed by atoms with Crippen molar-refractivity contribution in [2.24, 2.45) is 0 Å². The molecule has 0 radical (unpaired) electrons. The molecular formula is C27H32N2O6. The van der Waals surface area contributed by atoms with Crippen LogP contribution in [0.4, 0.5) is 5.69 Å². The van der Waals surface area contributed by atoms with Gasteiger partial charge < -0.3 is 14.8 Å². The van der Waals surface area contributed by atoms with Gasteiger partial charge in [0.25, 0.3) is 17.7 Å². The van der Waals surface area contributed by atoms with Crippen LogP contribution in [0.1, 0.15) is 88.2 Å². The number of hydrogen-bond donors (Lipinski definition) is 1. The van der Waals surface area contributed by atoms with Crippen LogP contribution in [0.15, 0.2) is 36.4 Å². The van der Waals surface area contributed by atoms with E-state index in [-0.39, 0.29) is 35.1 Å². The summed E-state index contributed by atoms with van der Waals surface area (Å²) < 4.78 is 10.2. The van der Waals surface area contributed by atoms with Crippen LogP contribution < -0.4 is 5.32 Å². The number of fused-ring (bicyclic) bond motifs is 1. The van der Waals surface area contributed by atoms with Gasteiger partial charge in [-0.05, 0) is 47.6 Å². The van der Waals surface area contributed by atoms with Gasteiger partial charge in [0.2, 0.25) is 0 Å². The molecule has 2 aromatic carbocycles. The Morgan fingerprint density at radius 2 is 1.57 bits per heavy atom. The van der Waals surface area contributed by atoms with E-state index in [0.717, 1.165) is 21.7 Å². The normalized spacial score (nSPS) is 12.9. The van der Waals surface area contributed by atoms with Crippen molar-refractivity contribution in [3.05, 3.63) is 64.2 Å². The molecule has 186 valence electrons. The zero-order valence-corrected chi connectivity index (χ0v) is 20.8. The van der Waals surface area contributed by atoms with E-state index in [1.165, 1.54) is 18.2 Å². The summed E-state index contributed by atoms with van der Waals surface area (Å²) in [6.45, 7) is 8.38. The number of imide groups is 1. The van der Waals surface area contributed by atoms with E-state index < -0.39 is 30.3 Å². The second-order valence-electron chi connectivity index (χ2n) is 9.11. The Hall–Kier alpha value is -3.52. The van der Waals surface area contributed by atoms with Crippen LogP contribution in [0, 0.1) is 0 Å². The summed E-state index contributed by atoms with van der Waals surface area (Å²) >= 11 is 0. The number of ether oxygens (including phenoxy) is 2. The van der Waals surface area contributed by atoms with Gasteiger partial charge in [0, 0.05) is 25.9 Å². The predicted molar refractivity (Wildman–Crippen MR) is 132 cm³/mol. The van der Waals surface area contributed by atoms with Crippen LogP contribution in [0.5, 0.6) is 0 Å². The molecule has 0 saturated heterocycles. The van der Waals surface area contributed by atoms with Crippen LogP contribution in [-0.2, 0) is 14.3 Å². The molecule has 0 saturated carbocycles. The Bertz CT molecular complexity index is 1110. The summed E-state index contributed by atoms with van der Waals surface area (Å²) in [5.41, 5.74) is 3.25. The van der Waals surface area contributed by atoms with Gasteiger partial charge in [0.1, 0.15) is 0 Å². The van der Waals surface area contributed by atoms with E-state index in [1.807, 2.05) is 45.9 Å². The standard InChI is InChI=1S/C27H32N2O6/c1-16(2)19-8-6-9-20(17(3)4)24(19)28-23(30)15-35-27(33)18-10-11-21-22(14-18)26(32)29(25(21)31)12-7-13-34-5/h6,8-11,14,16-17H,7,12-13,15H2,1-5H3,(H,28,30). The third kappa shape index (κ3) is 5.77. The fraction of sp³-hybridized carbons (Fsp3) is 0.407. The second kappa shape index (κ2) is 11.3. The highest BCUT2D eigenvalue weighted by atomic mass is 16.5. The van der Waals surface area contributed by atoms with Crippen molar-refractivity contribution in [2.45, 2.75) is 46.0 Å². The summed E-state index contributed by atoms with van der Waals surface area (Å²) in [4.78, 5) is 51.6. The van der Waals surface area contributed by atoms with Crippen molar-refractivity contribution in [3.63, 3.8) is 0 Å². The van der Waals surface area contributed by atoms with Gasteiger partial charge in [-0.15, -0.1) is 0 Å². The Balaban J connectivity index is 1.67. The van der Waals surface area contributed by atoms with Crippen molar-refractivity contribution >= 4 is 29.4 Å². The molecule has 3 rings (SSSR count). The number of carbonyl (C=O) groups excluding carboxylic acids is 4. The minimum absolute atomic E-state index is 0.0990. The van der Waals surface area contributed by atoms with E-state index in [0.29, 0.717) is 13.0 Å².